The number of anilines is 2. The third-order valence-electron chi connectivity index (χ3n) is 5.23. The van der Waals surface area contributed by atoms with E-state index in [1.54, 1.807) is 6.92 Å². The summed E-state index contributed by atoms with van der Waals surface area (Å²) in [6.45, 7) is 2.78. The fourth-order valence-electron chi connectivity index (χ4n) is 3.80. The number of halogens is 4. The molecule has 1 spiro atoms. The number of fused-ring (bicyclic) bond motifs is 1. The van der Waals surface area contributed by atoms with Crippen molar-refractivity contribution in [1.29, 1.82) is 0 Å². The van der Waals surface area contributed by atoms with Crippen LogP contribution in [-0.4, -0.2) is 29.0 Å². The first-order valence-electron chi connectivity index (χ1n) is 9.23. The van der Waals surface area contributed by atoms with Crippen LogP contribution in [0.4, 0.5) is 24.7 Å². The number of benzene rings is 1. The molecule has 1 aromatic carbocycles. The molecular formula is C19H20ClF3N4O2. The van der Waals surface area contributed by atoms with Crippen molar-refractivity contribution in [3.05, 3.63) is 45.9 Å². The number of hydrogen-bond donors (Lipinski definition) is 2. The van der Waals surface area contributed by atoms with Crippen molar-refractivity contribution in [1.82, 2.24) is 9.97 Å². The fourth-order valence-corrected chi connectivity index (χ4v) is 3.99. The monoisotopic (exact) mass is 428 g/mol. The van der Waals surface area contributed by atoms with Crippen LogP contribution in [0.2, 0.25) is 5.28 Å². The van der Waals surface area contributed by atoms with Crippen molar-refractivity contribution in [2.24, 2.45) is 0 Å². The van der Waals surface area contributed by atoms with Crippen molar-refractivity contribution in [2.45, 2.75) is 44.2 Å². The maximum absolute atomic E-state index is 13.1. The van der Waals surface area contributed by atoms with E-state index in [0.717, 1.165) is 23.4 Å². The predicted octanol–water partition coefficient (Wildman–Crippen LogP) is 4.14. The van der Waals surface area contributed by atoms with E-state index in [9.17, 15) is 13.2 Å². The van der Waals surface area contributed by atoms with Crippen LogP contribution in [0.1, 0.15) is 41.8 Å². The number of nitrogens with one attached hydrogen (secondary N) is 1. The maximum Gasteiger partial charge on any atom is 0.416 e. The third-order valence-corrected chi connectivity index (χ3v) is 5.40. The van der Waals surface area contributed by atoms with E-state index in [0.29, 0.717) is 43.9 Å². The van der Waals surface area contributed by atoms with Crippen molar-refractivity contribution >= 4 is 23.1 Å². The molecule has 1 fully saturated rings. The van der Waals surface area contributed by atoms with Crippen molar-refractivity contribution in [2.75, 3.05) is 24.3 Å². The van der Waals surface area contributed by atoms with E-state index in [-0.39, 0.29) is 11.0 Å². The van der Waals surface area contributed by atoms with Gasteiger partial charge in [0.05, 0.1) is 30.5 Å². The average Bonchev–Trinajstić information content (AvgIpc) is 3.09. The van der Waals surface area contributed by atoms with E-state index >= 15 is 0 Å². The molecule has 4 rings (SSSR count). The Balaban J connectivity index is 1.65. The maximum atomic E-state index is 13.1. The van der Waals surface area contributed by atoms with Crippen LogP contribution in [-0.2, 0) is 28.5 Å². The number of aromatic nitrogens is 2. The summed E-state index contributed by atoms with van der Waals surface area (Å²) >= 11 is 6.08. The molecule has 1 aliphatic carbocycles. The van der Waals surface area contributed by atoms with E-state index in [1.807, 2.05) is 0 Å². The minimum atomic E-state index is -4.48. The Morgan fingerprint density at radius 2 is 1.93 bits per heavy atom. The van der Waals surface area contributed by atoms with Crippen LogP contribution >= 0.6 is 11.6 Å². The van der Waals surface area contributed by atoms with Gasteiger partial charge < -0.3 is 20.5 Å². The van der Waals surface area contributed by atoms with E-state index in [2.05, 4.69) is 15.3 Å². The molecule has 156 valence electrons. The van der Waals surface area contributed by atoms with E-state index in [4.69, 9.17) is 26.8 Å². The third kappa shape index (κ3) is 4.12. The van der Waals surface area contributed by atoms with Crippen LogP contribution in [0.25, 0.3) is 0 Å². The number of ether oxygens (including phenoxy) is 2. The number of rotatable bonds is 3. The molecule has 0 amide bonds. The Bertz CT molecular complexity index is 932. The predicted molar refractivity (Wildman–Crippen MR) is 102 cm³/mol. The number of nitrogens with two attached hydrogens (primary N) is 1. The van der Waals surface area contributed by atoms with Crippen LogP contribution in [0.15, 0.2) is 18.2 Å². The summed E-state index contributed by atoms with van der Waals surface area (Å²) in [5.74, 6) is -0.244. The topological polar surface area (TPSA) is 82.3 Å². The highest BCUT2D eigenvalue weighted by molar-refractivity contribution is 6.28. The molecule has 2 aromatic rings. The Hall–Kier alpha value is -2.10. The summed E-state index contributed by atoms with van der Waals surface area (Å²) in [5, 5.41) is 3.25. The molecule has 10 heteroatoms. The molecule has 1 saturated heterocycles. The number of nitrogens with zero attached hydrogens (tertiary/aromatic N) is 2. The van der Waals surface area contributed by atoms with Gasteiger partial charge in [-0.1, -0.05) is 0 Å². The second kappa shape index (κ2) is 7.30. The summed E-state index contributed by atoms with van der Waals surface area (Å²) in [6.07, 6.45) is -2.77. The molecule has 1 aromatic heterocycles. The smallest absolute Gasteiger partial charge is 0.399 e. The van der Waals surface area contributed by atoms with Crippen molar-refractivity contribution in [3.8, 4) is 0 Å². The van der Waals surface area contributed by atoms with Crippen molar-refractivity contribution < 1.29 is 22.6 Å². The molecule has 1 aliphatic heterocycles. The zero-order valence-electron chi connectivity index (χ0n) is 15.6. The minimum absolute atomic E-state index is 0.0398. The fraction of sp³-hybridized carbons (Fsp3) is 0.474. The number of hydrogen-bond acceptors (Lipinski definition) is 6. The van der Waals surface area contributed by atoms with Gasteiger partial charge in [0, 0.05) is 24.1 Å². The lowest BCUT2D eigenvalue weighted by molar-refractivity contribution is -0.164. The van der Waals surface area contributed by atoms with Crippen molar-refractivity contribution in [3.63, 3.8) is 0 Å². The highest BCUT2D eigenvalue weighted by Gasteiger charge is 2.42. The standard InChI is InChI=1S/C19H20ClF3N4O2/c1-10(11-6-12(19(21,22)23)8-13(24)7-11)25-16-14-9-18(28-4-5-29-18)3-2-15(14)26-17(20)27-16/h6-8,10H,2-5,9,24H2,1H3,(H,25,26,27). The number of nitrogen functional groups attached to an aromatic ring is 1. The summed E-state index contributed by atoms with van der Waals surface area (Å²) in [4.78, 5) is 8.58. The van der Waals surface area contributed by atoms with Gasteiger partial charge in [0.1, 0.15) is 5.82 Å². The largest absolute Gasteiger partial charge is 0.416 e. The van der Waals surface area contributed by atoms with Crippen LogP contribution in [0.5, 0.6) is 0 Å². The molecule has 1 atom stereocenters. The summed E-state index contributed by atoms with van der Waals surface area (Å²) in [5.41, 5.74) is 6.91. The first-order chi connectivity index (χ1) is 13.7. The van der Waals surface area contributed by atoms with Crippen LogP contribution in [0, 0.1) is 0 Å². The van der Waals surface area contributed by atoms with Crippen LogP contribution in [0.3, 0.4) is 0 Å². The van der Waals surface area contributed by atoms with Gasteiger partial charge in [0.25, 0.3) is 0 Å². The molecule has 2 heterocycles. The average molecular weight is 429 g/mol. The molecule has 0 bridgehead atoms. The Morgan fingerprint density at radius 3 is 2.62 bits per heavy atom. The molecule has 29 heavy (non-hydrogen) atoms. The Labute approximate surface area is 170 Å². The lowest BCUT2D eigenvalue weighted by Gasteiger charge is -2.33. The van der Waals surface area contributed by atoms with Gasteiger partial charge in [0.15, 0.2) is 5.79 Å². The molecule has 0 saturated carbocycles. The summed E-state index contributed by atoms with van der Waals surface area (Å²) in [6, 6.07) is 3.00. The van der Waals surface area contributed by atoms with E-state index in [1.165, 1.54) is 6.07 Å². The second-order valence-electron chi connectivity index (χ2n) is 7.30. The molecule has 2 aliphatic rings. The Kier molecular flexibility index (Phi) is 5.08. The first-order valence-corrected chi connectivity index (χ1v) is 9.60. The summed E-state index contributed by atoms with van der Waals surface area (Å²) in [7, 11) is 0. The molecule has 0 radical (unpaired) electrons. The zero-order chi connectivity index (χ0) is 20.8. The zero-order valence-corrected chi connectivity index (χ0v) is 16.4. The van der Waals surface area contributed by atoms with Gasteiger partial charge in [-0.3, -0.25) is 0 Å². The molecule has 1 unspecified atom stereocenters. The lowest BCUT2D eigenvalue weighted by atomic mass is 9.90. The number of alkyl halides is 3. The highest BCUT2D eigenvalue weighted by Crippen LogP contribution is 2.39. The van der Waals surface area contributed by atoms with Gasteiger partial charge >= 0.3 is 6.18 Å². The lowest BCUT2D eigenvalue weighted by Crippen LogP contribution is -2.38. The Morgan fingerprint density at radius 1 is 1.21 bits per heavy atom. The van der Waals surface area contributed by atoms with Gasteiger partial charge in [-0.2, -0.15) is 13.2 Å². The molecule has 3 N–H and O–H groups in total. The van der Waals surface area contributed by atoms with Gasteiger partial charge in [-0.15, -0.1) is 0 Å². The minimum Gasteiger partial charge on any atom is -0.399 e. The quantitative estimate of drug-likeness (QED) is 0.565. The van der Waals surface area contributed by atoms with Gasteiger partial charge in [-0.05, 0) is 48.7 Å². The van der Waals surface area contributed by atoms with Gasteiger partial charge in [0.2, 0.25) is 5.28 Å². The second-order valence-corrected chi connectivity index (χ2v) is 7.64. The van der Waals surface area contributed by atoms with Gasteiger partial charge in [-0.25, -0.2) is 9.97 Å². The highest BCUT2D eigenvalue weighted by atomic mass is 35.5. The van der Waals surface area contributed by atoms with E-state index < -0.39 is 23.6 Å². The number of aryl methyl sites for hydroxylation is 1. The SMILES string of the molecule is CC(Nc1nc(Cl)nc2c1CC1(CC2)OCCO1)c1cc(N)cc(C(F)(F)F)c1. The van der Waals surface area contributed by atoms with Crippen LogP contribution < -0.4 is 11.1 Å². The summed E-state index contributed by atoms with van der Waals surface area (Å²) < 4.78 is 51.0. The normalized spacial score (nSPS) is 19.2. The first kappa shape index (κ1) is 20.2. The molecule has 6 nitrogen and oxygen atoms in total. The molecular weight excluding hydrogens is 409 g/mol.